The van der Waals surface area contributed by atoms with Crippen LogP contribution in [0, 0.1) is 0 Å². The van der Waals surface area contributed by atoms with E-state index in [1.807, 2.05) is 0 Å². The predicted octanol–water partition coefficient (Wildman–Crippen LogP) is 2.23. The molecule has 2 N–H and O–H groups in total. The lowest BCUT2D eigenvalue weighted by molar-refractivity contribution is 0.579. The molecule has 1 atom stereocenters. The second-order valence-corrected chi connectivity index (χ2v) is 5.93. The Morgan fingerprint density at radius 1 is 1.47 bits per heavy atom. The Kier molecular flexibility index (Phi) is 4.55. The van der Waals surface area contributed by atoms with Gasteiger partial charge in [-0.1, -0.05) is 18.5 Å². The molecule has 19 heavy (non-hydrogen) atoms. The first-order chi connectivity index (χ1) is 9.11. The summed E-state index contributed by atoms with van der Waals surface area (Å²) in [5, 5.41) is 4.64. The number of rotatable bonds is 5. The number of hydrogen-bond acceptors (Lipinski definition) is 4. The van der Waals surface area contributed by atoms with E-state index in [0.717, 1.165) is 13.0 Å². The number of nitrogens with two attached hydrogens (primary N) is 1. The van der Waals surface area contributed by atoms with E-state index in [4.69, 9.17) is 17.3 Å². The highest BCUT2D eigenvalue weighted by atomic mass is 35.5. The van der Waals surface area contributed by atoms with E-state index < -0.39 is 10.8 Å². The highest BCUT2D eigenvalue weighted by Crippen LogP contribution is 2.22. The van der Waals surface area contributed by atoms with Crippen LogP contribution in [0.2, 0.25) is 5.02 Å². The van der Waals surface area contributed by atoms with Crippen molar-refractivity contribution in [2.45, 2.75) is 30.5 Å². The van der Waals surface area contributed by atoms with Crippen molar-refractivity contribution in [1.82, 2.24) is 14.8 Å². The molecule has 0 amide bonds. The van der Waals surface area contributed by atoms with Crippen LogP contribution >= 0.6 is 11.6 Å². The summed E-state index contributed by atoms with van der Waals surface area (Å²) in [6.07, 6.45) is 2.43. The number of hydrogen-bond donors (Lipinski definition) is 1. The molecule has 7 heteroatoms. The normalized spacial score (nSPS) is 12.5. The molecule has 0 saturated heterocycles. The first-order valence-electron chi connectivity index (χ1n) is 5.92. The first-order valence-corrected chi connectivity index (χ1v) is 7.61. The van der Waals surface area contributed by atoms with E-state index in [0.29, 0.717) is 27.2 Å². The van der Waals surface area contributed by atoms with Crippen LogP contribution in [-0.2, 0) is 23.1 Å². The van der Waals surface area contributed by atoms with Gasteiger partial charge in [0.25, 0.3) is 0 Å². The van der Waals surface area contributed by atoms with Crippen molar-refractivity contribution in [1.29, 1.82) is 0 Å². The molecule has 2 rings (SSSR count). The highest BCUT2D eigenvalue weighted by molar-refractivity contribution is 7.84. The molecular formula is C12H15ClN4OS. The molecule has 0 bridgehead atoms. The summed E-state index contributed by atoms with van der Waals surface area (Å²) >= 11 is 5.83. The number of aromatic nitrogens is 3. The summed E-state index contributed by atoms with van der Waals surface area (Å²) in [5.41, 5.74) is 6.27. The lowest BCUT2D eigenvalue weighted by Gasteiger charge is -2.07. The van der Waals surface area contributed by atoms with E-state index in [9.17, 15) is 4.21 Å². The minimum absolute atomic E-state index is 0.297. The molecule has 0 radical (unpaired) electrons. The fourth-order valence-corrected chi connectivity index (χ4v) is 3.06. The maximum absolute atomic E-state index is 12.3. The maximum atomic E-state index is 12.3. The Labute approximate surface area is 119 Å². The largest absolute Gasteiger partial charge is 0.398 e. The summed E-state index contributed by atoms with van der Waals surface area (Å²) in [6, 6.07) is 4.97. The smallest absolute Gasteiger partial charge is 0.139 e. The second kappa shape index (κ2) is 6.16. The summed E-state index contributed by atoms with van der Waals surface area (Å²) in [5.74, 6) is 1.00. The van der Waals surface area contributed by atoms with Gasteiger partial charge in [-0.3, -0.25) is 4.21 Å². The zero-order valence-electron chi connectivity index (χ0n) is 10.5. The quantitative estimate of drug-likeness (QED) is 0.859. The van der Waals surface area contributed by atoms with Crippen LogP contribution in [0.3, 0.4) is 0 Å². The van der Waals surface area contributed by atoms with Crippen LogP contribution < -0.4 is 5.73 Å². The fourth-order valence-electron chi connectivity index (χ4n) is 1.72. The average molecular weight is 299 g/mol. The monoisotopic (exact) mass is 298 g/mol. The molecule has 0 fully saturated rings. The van der Waals surface area contributed by atoms with Gasteiger partial charge in [-0.05, 0) is 24.6 Å². The van der Waals surface area contributed by atoms with Gasteiger partial charge in [0.1, 0.15) is 12.2 Å². The van der Waals surface area contributed by atoms with Gasteiger partial charge in [-0.2, -0.15) is 5.10 Å². The van der Waals surface area contributed by atoms with Crippen molar-refractivity contribution < 1.29 is 4.21 Å². The Morgan fingerprint density at radius 3 is 2.95 bits per heavy atom. The first kappa shape index (κ1) is 14.0. The number of anilines is 1. The number of nitrogens with zero attached hydrogens (tertiary/aromatic N) is 3. The summed E-state index contributed by atoms with van der Waals surface area (Å²) < 4.78 is 14.1. The SMILES string of the molecule is CCCn1ncnc1CS(=O)c1ccc(Cl)cc1N. The third kappa shape index (κ3) is 3.33. The van der Waals surface area contributed by atoms with Gasteiger partial charge < -0.3 is 5.73 Å². The van der Waals surface area contributed by atoms with Crippen molar-refractivity contribution in [2.24, 2.45) is 0 Å². The number of aryl methyl sites for hydroxylation is 1. The number of nitrogen functional groups attached to an aromatic ring is 1. The van der Waals surface area contributed by atoms with Crippen LogP contribution in [0.5, 0.6) is 0 Å². The molecule has 0 spiro atoms. The molecule has 1 aromatic heterocycles. The van der Waals surface area contributed by atoms with E-state index >= 15 is 0 Å². The third-order valence-electron chi connectivity index (χ3n) is 2.61. The van der Waals surface area contributed by atoms with E-state index in [2.05, 4.69) is 17.0 Å². The summed E-state index contributed by atoms with van der Waals surface area (Å²) in [6.45, 7) is 2.82. The minimum atomic E-state index is -1.25. The zero-order valence-corrected chi connectivity index (χ0v) is 12.1. The molecule has 5 nitrogen and oxygen atoms in total. The van der Waals surface area contributed by atoms with E-state index in [1.54, 1.807) is 22.9 Å². The molecule has 0 aliphatic heterocycles. The molecule has 102 valence electrons. The second-order valence-electron chi connectivity index (χ2n) is 4.07. The fraction of sp³-hybridized carbons (Fsp3) is 0.333. The average Bonchev–Trinajstić information content (AvgIpc) is 2.77. The van der Waals surface area contributed by atoms with Crippen molar-refractivity contribution >= 4 is 28.1 Å². The standard InChI is InChI=1S/C12H15ClN4OS/c1-2-5-17-12(15-8-16-17)7-19(18)11-4-3-9(13)6-10(11)14/h3-4,6,8H,2,5,7,14H2,1H3. The van der Waals surface area contributed by atoms with E-state index in [1.165, 1.54) is 6.33 Å². The molecule has 1 aromatic carbocycles. The van der Waals surface area contributed by atoms with Crippen molar-refractivity contribution in [3.05, 3.63) is 35.4 Å². The summed E-state index contributed by atoms with van der Waals surface area (Å²) in [7, 11) is -1.25. The van der Waals surface area contributed by atoms with Crippen molar-refractivity contribution in [3.8, 4) is 0 Å². The third-order valence-corrected chi connectivity index (χ3v) is 4.23. The van der Waals surface area contributed by atoms with Gasteiger partial charge in [0.15, 0.2) is 0 Å². The van der Waals surface area contributed by atoms with Gasteiger partial charge in [0, 0.05) is 17.3 Å². The Morgan fingerprint density at radius 2 is 2.26 bits per heavy atom. The van der Waals surface area contributed by atoms with E-state index in [-0.39, 0.29) is 0 Å². The van der Waals surface area contributed by atoms with Gasteiger partial charge in [-0.25, -0.2) is 9.67 Å². The minimum Gasteiger partial charge on any atom is -0.398 e. The molecule has 0 saturated carbocycles. The van der Waals surface area contributed by atoms with Gasteiger partial charge in [0.2, 0.25) is 0 Å². The van der Waals surface area contributed by atoms with Gasteiger partial charge >= 0.3 is 0 Å². The molecular weight excluding hydrogens is 284 g/mol. The molecule has 2 aromatic rings. The highest BCUT2D eigenvalue weighted by Gasteiger charge is 2.13. The van der Waals surface area contributed by atoms with Crippen LogP contribution in [0.15, 0.2) is 29.4 Å². The van der Waals surface area contributed by atoms with Crippen LogP contribution in [-0.4, -0.2) is 19.0 Å². The number of halogens is 1. The van der Waals surface area contributed by atoms with Crippen LogP contribution in [0.4, 0.5) is 5.69 Å². The lowest BCUT2D eigenvalue weighted by Crippen LogP contribution is -2.09. The lowest BCUT2D eigenvalue weighted by atomic mass is 10.3. The predicted molar refractivity (Wildman–Crippen MR) is 76.3 cm³/mol. The van der Waals surface area contributed by atoms with Gasteiger partial charge in [0.05, 0.1) is 21.4 Å². The molecule has 0 aliphatic carbocycles. The number of benzene rings is 1. The molecule has 1 heterocycles. The Balaban J connectivity index is 2.18. The Hall–Kier alpha value is -1.40. The maximum Gasteiger partial charge on any atom is 0.139 e. The molecule has 1 unspecified atom stereocenters. The molecule has 0 aliphatic rings. The van der Waals surface area contributed by atoms with Crippen LogP contribution in [0.25, 0.3) is 0 Å². The van der Waals surface area contributed by atoms with Gasteiger partial charge in [-0.15, -0.1) is 0 Å². The van der Waals surface area contributed by atoms with Crippen molar-refractivity contribution in [3.63, 3.8) is 0 Å². The Bertz CT molecular complexity index is 599. The van der Waals surface area contributed by atoms with Crippen molar-refractivity contribution in [2.75, 3.05) is 5.73 Å². The van der Waals surface area contributed by atoms with Crippen LogP contribution in [0.1, 0.15) is 19.2 Å². The summed E-state index contributed by atoms with van der Waals surface area (Å²) in [4.78, 5) is 4.72. The zero-order chi connectivity index (χ0) is 13.8. The topological polar surface area (TPSA) is 73.8 Å².